The molecule has 0 spiro atoms. The molecule has 3 rings (SSSR count). The third-order valence-electron chi connectivity index (χ3n) is 4.45. The first kappa shape index (κ1) is 16.8. The van der Waals surface area contributed by atoms with E-state index < -0.39 is 0 Å². The number of amides is 2. The predicted molar refractivity (Wildman–Crippen MR) is 88.1 cm³/mol. The lowest BCUT2D eigenvalue weighted by molar-refractivity contribution is -0.127. The molecule has 0 saturated heterocycles. The maximum Gasteiger partial charge on any atom is 0.246 e. The van der Waals surface area contributed by atoms with Crippen LogP contribution >= 0.6 is 12.4 Å². The zero-order valence-corrected chi connectivity index (χ0v) is 13.3. The van der Waals surface area contributed by atoms with Crippen molar-refractivity contribution in [1.29, 1.82) is 0 Å². The van der Waals surface area contributed by atoms with Crippen LogP contribution in [0.2, 0.25) is 0 Å². The number of anilines is 1. The first-order chi connectivity index (χ1) is 10.1. The summed E-state index contributed by atoms with van der Waals surface area (Å²) in [6, 6.07) is 8.04. The number of nitrogens with two attached hydrogens (primary N) is 1. The van der Waals surface area contributed by atoms with E-state index in [9.17, 15) is 9.59 Å². The minimum atomic E-state index is -0.0457. The Bertz CT molecular complexity index is 564. The van der Waals surface area contributed by atoms with E-state index in [-0.39, 0.29) is 42.7 Å². The van der Waals surface area contributed by atoms with Crippen molar-refractivity contribution >= 4 is 29.9 Å². The van der Waals surface area contributed by atoms with Crippen LogP contribution in [-0.2, 0) is 16.0 Å². The van der Waals surface area contributed by atoms with Gasteiger partial charge in [-0.3, -0.25) is 9.59 Å². The van der Waals surface area contributed by atoms with Gasteiger partial charge in [0.1, 0.15) is 0 Å². The molecule has 1 aliphatic heterocycles. The van der Waals surface area contributed by atoms with Crippen LogP contribution in [0.4, 0.5) is 5.69 Å². The molecule has 3 N–H and O–H groups in total. The number of fused-ring (bicyclic) bond motifs is 1. The van der Waals surface area contributed by atoms with E-state index >= 15 is 0 Å². The molecule has 120 valence electrons. The Kier molecular flexibility index (Phi) is 5.42. The van der Waals surface area contributed by atoms with Crippen molar-refractivity contribution in [3.63, 3.8) is 0 Å². The zero-order valence-electron chi connectivity index (χ0n) is 12.5. The molecule has 2 amide bonds. The van der Waals surface area contributed by atoms with Crippen LogP contribution in [-0.4, -0.2) is 30.9 Å². The van der Waals surface area contributed by atoms with E-state index in [1.807, 2.05) is 24.3 Å². The van der Waals surface area contributed by atoms with Gasteiger partial charge in [-0.1, -0.05) is 18.2 Å². The number of carbonyl (C=O) groups is 2. The lowest BCUT2D eigenvalue weighted by atomic mass is 10.1. The van der Waals surface area contributed by atoms with E-state index in [1.54, 1.807) is 4.90 Å². The number of hydrogen-bond acceptors (Lipinski definition) is 3. The Morgan fingerprint density at radius 3 is 2.77 bits per heavy atom. The minimum absolute atomic E-state index is 0. The minimum Gasteiger partial charge on any atom is -0.347 e. The Labute approximate surface area is 136 Å². The first-order valence-electron chi connectivity index (χ1n) is 7.56. The van der Waals surface area contributed by atoms with Gasteiger partial charge in [0, 0.05) is 24.2 Å². The molecule has 1 heterocycles. The van der Waals surface area contributed by atoms with Crippen molar-refractivity contribution < 1.29 is 9.59 Å². The SMILES string of the molecule is Cl.NC1CCC(C(=O)NCC(=O)N2CCc3ccccc32)C1. The molecular formula is C16H22ClN3O2. The van der Waals surface area contributed by atoms with Crippen LogP contribution in [0.25, 0.3) is 0 Å². The third-order valence-corrected chi connectivity index (χ3v) is 4.45. The zero-order chi connectivity index (χ0) is 14.8. The number of hydrogen-bond donors (Lipinski definition) is 2. The van der Waals surface area contributed by atoms with Gasteiger partial charge in [-0.25, -0.2) is 0 Å². The third kappa shape index (κ3) is 3.42. The summed E-state index contributed by atoms with van der Waals surface area (Å²) >= 11 is 0. The van der Waals surface area contributed by atoms with Crippen molar-refractivity contribution in [3.05, 3.63) is 29.8 Å². The second kappa shape index (κ2) is 7.11. The summed E-state index contributed by atoms with van der Waals surface area (Å²) in [5.74, 6) is -0.113. The van der Waals surface area contributed by atoms with Gasteiger partial charge in [0.25, 0.3) is 0 Å². The average molecular weight is 324 g/mol. The molecule has 5 nitrogen and oxygen atoms in total. The van der Waals surface area contributed by atoms with Crippen molar-refractivity contribution in [2.75, 3.05) is 18.0 Å². The number of rotatable bonds is 3. The molecule has 0 bridgehead atoms. The van der Waals surface area contributed by atoms with Crippen molar-refractivity contribution in [1.82, 2.24) is 5.32 Å². The quantitative estimate of drug-likeness (QED) is 0.879. The van der Waals surface area contributed by atoms with Gasteiger partial charge in [0.15, 0.2) is 0 Å². The highest BCUT2D eigenvalue weighted by molar-refractivity contribution is 5.98. The van der Waals surface area contributed by atoms with Gasteiger partial charge in [-0.2, -0.15) is 0 Å². The standard InChI is InChI=1S/C16H21N3O2.ClH/c17-13-6-5-12(9-13)16(21)18-10-15(20)19-8-7-11-3-1-2-4-14(11)19;/h1-4,12-13H,5-10,17H2,(H,18,21);1H. The average Bonchev–Trinajstić information content (AvgIpc) is 3.10. The second-order valence-corrected chi connectivity index (χ2v) is 5.91. The Hall–Kier alpha value is -1.59. The van der Waals surface area contributed by atoms with Crippen molar-refractivity contribution in [2.45, 2.75) is 31.7 Å². The molecule has 6 heteroatoms. The topological polar surface area (TPSA) is 75.4 Å². The van der Waals surface area contributed by atoms with Crippen LogP contribution in [0.3, 0.4) is 0 Å². The smallest absolute Gasteiger partial charge is 0.246 e. The van der Waals surface area contributed by atoms with Crippen LogP contribution < -0.4 is 16.0 Å². The number of carbonyl (C=O) groups excluding carboxylic acids is 2. The summed E-state index contributed by atoms with van der Waals surface area (Å²) in [5, 5.41) is 2.77. The second-order valence-electron chi connectivity index (χ2n) is 5.91. The Morgan fingerprint density at radius 2 is 2.05 bits per heavy atom. The lowest BCUT2D eigenvalue weighted by Crippen LogP contribution is -2.41. The van der Waals surface area contributed by atoms with E-state index in [2.05, 4.69) is 5.32 Å². The highest BCUT2D eigenvalue weighted by atomic mass is 35.5. The van der Waals surface area contributed by atoms with E-state index in [4.69, 9.17) is 5.73 Å². The molecule has 0 aromatic heterocycles. The summed E-state index contributed by atoms with van der Waals surface area (Å²) in [6.07, 6.45) is 3.33. The Morgan fingerprint density at radius 1 is 1.27 bits per heavy atom. The summed E-state index contributed by atoms with van der Waals surface area (Å²) in [6.45, 7) is 0.765. The maximum absolute atomic E-state index is 12.3. The van der Waals surface area contributed by atoms with Crippen LogP contribution in [0.1, 0.15) is 24.8 Å². The van der Waals surface area contributed by atoms with Gasteiger partial charge in [0.2, 0.25) is 11.8 Å². The molecule has 1 aromatic rings. The molecule has 2 atom stereocenters. The van der Waals surface area contributed by atoms with Gasteiger partial charge in [-0.05, 0) is 37.3 Å². The first-order valence-corrected chi connectivity index (χ1v) is 7.56. The van der Waals surface area contributed by atoms with E-state index in [1.165, 1.54) is 5.56 Å². The van der Waals surface area contributed by atoms with E-state index in [0.717, 1.165) is 31.4 Å². The predicted octanol–water partition coefficient (Wildman–Crippen LogP) is 1.24. The Balaban J connectivity index is 0.00000176. The van der Waals surface area contributed by atoms with Crippen LogP contribution in [0.15, 0.2) is 24.3 Å². The van der Waals surface area contributed by atoms with Gasteiger partial charge < -0.3 is 16.0 Å². The van der Waals surface area contributed by atoms with Gasteiger partial charge in [-0.15, -0.1) is 12.4 Å². The van der Waals surface area contributed by atoms with Crippen LogP contribution in [0.5, 0.6) is 0 Å². The lowest BCUT2D eigenvalue weighted by Gasteiger charge is -2.18. The highest BCUT2D eigenvalue weighted by Crippen LogP contribution is 2.27. The van der Waals surface area contributed by atoms with Crippen molar-refractivity contribution in [2.24, 2.45) is 11.7 Å². The summed E-state index contributed by atoms with van der Waals surface area (Å²) in [4.78, 5) is 26.1. The largest absolute Gasteiger partial charge is 0.347 e. The fourth-order valence-electron chi connectivity index (χ4n) is 3.25. The molecule has 1 aromatic carbocycles. The number of nitrogens with one attached hydrogen (secondary N) is 1. The van der Waals surface area contributed by atoms with E-state index in [0.29, 0.717) is 6.54 Å². The number of halogens is 1. The molecule has 2 aliphatic rings. The maximum atomic E-state index is 12.3. The molecule has 1 aliphatic carbocycles. The van der Waals surface area contributed by atoms with Gasteiger partial charge >= 0.3 is 0 Å². The summed E-state index contributed by atoms with van der Waals surface area (Å²) in [5.41, 5.74) is 7.98. The molecule has 1 fully saturated rings. The normalized spacial score (nSPS) is 22.9. The van der Waals surface area contributed by atoms with Crippen molar-refractivity contribution in [3.8, 4) is 0 Å². The fourth-order valence-corrected chi connectivity index (χ4v) is 3.25. The van der Waals surface area contributed by atoms with Gasteiger partial charge in [0.05, 0.1) is 6.54 Å². The van der Waals surface area contributed by atoms with Crippen LogP contribution in [0, 0.1) is 5.92 Å². The molecule has 0 radical (unpaired) electrons. The number of para-hydroxylation sites is 1. The fraction of sp³-hybridized carbons (Fsp3) is 0.500. The molecule has 2 unspecified atom stereocenters. The molecule has 22 heavy (non-hydrogen) atoms. The monoisotopic (exact) mass is 323 g/mol. The summed E-state index contributed by atoms with van der Waals surface area (Å²) < 4.78 is 0. The molecular weight excluding hydrogens is 302 g/mol. The molecule has 1 saturated carbocycles. The number of nitrogens with zero attached hydrogens (tertiary/aromatic N) is 1. The highest BCUT2D eigenvalue weighted by Gasteiger charge is 2.29. The summed E-state index contributed by atoms with van der Waals surface area (Å²) in [7, 11) is 0. The number of benzene rings is 1.